The summed E-state index contributed by atoms with van der Waals surface area (Å²) in [4.78, 5) is 14.7. The van der Waals surface area contributed by atoms with Gasteiger partial charge in [-0.2, -0.15) is 0 Å². The zero-order chi connectivity index (χ0) is 16.1. The van der Waals surface area contributed by atoms with Crippen molar-refractivity contribution < 1.29 is 18.7 Å². The molecule has 0 aromatic heterocycles. The number of rotatable bonds is 1. The normalized spacial score (nSPS) is 29.9. The van der Waals surface area contributed by atoms with Crippen LogP contribution in [-0.4, -0.2) is 37.2 Å². The highest BCUT2D eigenvalue weighted by atomic mass is 19.1. The lowest BCUT2D eigenvalue weighted by Gasteiger charge is -2.41. The fraction of sp³-hybridized carbons (Fsp3) is 0.529. The Kier molecular flexibility index (Phi) is 3.28. The summed E-state index contributed by atoms with van der Waals surface area (Å²) in [7, 11) is 0. The summed E-state index contributed by atoms with van der Waals surface area (Å²) >= 11 is 0. The van der Waals surface area contributed by atoms with Gasteiger partial charge in [-0.15, -0.1) is 0 Å². The molecule has 2 spiro atoms. The van der Waals surface area contributed by atoms with Gasteiger partial charge < -0.3 is 19.8 Å². The smallest absolute Gasteiger partial charge is 0.233 e. The van der Waals surface area contributed by atoms with Gasteiger partial charge in [0.05, 0.1) is 18.6 Å². The highest BCUT2D eigenvalue weighted by Crippen LogP contribution is 2.50. The quantitative estimate of drug-likeness (QED) is 0.865. The van der Waals surface area contributed by atoms with Gasteiger partial charge in [0.1, 0.15) is 5.82 Å². The molecule has 1 N–H and O–H groups in total. The summed E-state index contributed by atoms with van der Waals surface area (Å²) in [5, 5.41) is 8.17. The SMILES string of the molecule is N=C1CC2(C[C@@]3(CCN(c4cccc(F)c4)C3=O)C1)OCCO2. The summed E-state index contributed by atoms with van der Waals surface area (Å²) in [5.41, 5.74) is 0.408. The second-order valence-corrected chi connectivity index (χ2v) is 6.71. The van der Waals surface area contributed by atoms with Crippen molar-refractivity contribution in [3.8, 4) is 0 Å². The maximum Gasteiger partial charge on any atom is 0.233 e. The van der Waals surface area contributed by atoms with Gasteiger partial charge >= 0.3 is 0 Å². The molecule has 2 heterocycles. The monoisotopic (exact) mass is 318 g/mol. The molecule has 6 heteroatoms. The second-order valence-electron chi connectivity index (χ2n) is 6.71. The number of nitrogens with zero attached hydrogens (tertiary/aromatic N) is 1. The molecule has 2 aliphatic heterocycles. The predicted octanol–water partition coefficient (Wildman–Crippen LogP) is 2.50. The van der Waals surface area contributed by atoms with E-state index in [1.54, 1.807) is 17.0 Å². The van der Waals surface area contributed by atoms with Gasteiger partial charge in [0.25, 0.3) is 0 Å². The third-order valence-electron chi connectivity index (χ3n) is 5.09. The van der Waals surface area contributed by atoms with Gasteiger partial charge in [0, 0.05) is 30.8 Å². The molecule has 1 amide bonds. The number of benzene rings is 1. The lowest BCUT2D eigenvalue weighted by molar-refractivity contribution is -0.183. The highest BCUT2D eigenvalue weighted by molar-refractivity contribution is 6.03. The van der Waals surface area contributed by atoms with Crippen molar-refractivity contribution in [2.24, 2.45) is 5.41 Å². The minimum Gasteiger partial charge on any atom is -0.347 e. The Morgan fingerprint density at radius 1 is 1.22 bits per heavy atom. The fourth-order valence-corrected chi connectivity index (χ4v) is 4.18. The van der Waals surface area contributed by atoms with Gasteiger partial charge in [-0.3, -0.25) is 4.79 Å². The van der Waals surface area contributed by atoms with E-state index in [4.69, 9.17) is 14.9 Å². The molecule has 5 nitrogen and oxygen atoms in total. The number of nitrogens with one attached hydrogen (secondary N) is 1. The van der Waals surface area contributed by atoms with Crippen molar-refractivity contribution in [1.82, 2.24) is 0 Å². The molecule has 0 radical (unpaired) electrons. The molecule has 0 unspecified atom stereocenters. The lowest BCUT2D eigenvalue weighted by Crippen LogP contribution is -2.49. The van der Waals surface area contributed by atoms with Crippen molar-refractivity contribution in [1.29, 1.82) is 5.41 Å². The van der Waals surface area contributed by atoms with Gasteiger partial charge in [-0.1, -0.05) is 6.07 Å². The third-order valence-corrected chi connectivity index (χ3v) is 5.09. The number of carbonyl (C=O) groups is 1. The van der Waals surface area contributed by atoms with E-state index < -0.39 is 11.2 Å². The van der Waals surface area contributed by atoms with Crippen LogP contribution in [0.25, 0.3) is 0 Å². The lowest BCUT2D eigenvalue weighted by atomic mass is 9.69. The minimum absolute atomic E-state index is 0.0500. The second kappa shape index (κ2) is 5.11. The summed E-state index contributed by atoms with van der Waals surface area (Å²) in [6.45, 7) is 1.54. The van der Waals surface area contributed by atoms with Crippen LogP contribution in [0.3, 0.4) is 0 Å². The van der Waals surface area contributed by atoms with E-state index in [1.807, 2.05) is 0 Å². The number of hydrogen-bond acceptors (Lipinski definition) is 4. The van der Waals surface area contributed by atoms with Crippen LogP contribution in [0.2, 0.25) is 0 Å². The van der Waals surface area contributed by atoms with Crippen molar-refractivity contribution in [2.75, 3.05) is 24.7 Å². The van der Waals surface area contributed by atoms with Crippen LogP contribution in [-0.2, 0) is 14.3 Å². The van der Waals surface area contributed by atoms with E-state index in [-0.39, 0.29) is 11.7 Å². The average Bonchev–Trinajstić information content (AvgIpc) is 3.05. The molecule has 1 saturated carbocycles. The molecule has 4 rings (SSSR count). The Morgan fingerprint density at radius 3 is 2.74 bits per heavy atom. The van der Waals surface area contributed by atoms with Crippen LogP contribution >= 0.6 is 0 Å². The summed E-state index contributed by atoms with van der Waals surface area (Å²) in [6.07, 6.45) is 1.99. The van der Waals surface area contributed by atoms with Gasteiger partial charge in [0.15, 0.2) is 5.79 Å². The van der Waals surface area contributed by atoms with Crippen molar-refractivity contribution in [2.45, 2.75) is 31.5 Å². The third kappa shape index (κ3) is 2.37. The molecule has 1 atom stereocenters. The Bertz CT molecular complexity index is 672. The first kappa shape index (κ1) is 14.8. The highest BCUT2D eigenvalue weighted by Gasteiger charge is 2.57. The first-order valence-electron chi connectivity index (χ1n) is 7.94. The average molecular weight is 318 g/mol. The zero-order valence-electron chi connectivity index (χ0n) is 12.8. The molecule has 3 aliphatic rings. The number of amides is 1. The van der Waals surface area contributed by atoms with Crippen LogP contribution in [0.5, 0.6) is 0 Å². The number of anilines is 1. The van der Waals surface area contributed by atoms with E-state index in [9.17, 15) is 9.18 Å². The predicted molar refractivity (Wildman–Crippen MR) is 82.0 cm³/mol. The van der Waals surface area contributed by atoms with Crippen LogP contribution in [0.15, 0.2) is 24.3 Å². The summed E-state index contributed by atoms with van der Waals surface area (Å²) in [5.74, 6) is -1.22. The standard InChI is InChI=1S/C17H19FN2O3/c18-12-2-1-3-14(8-12)20-5-4-16(15(20)21)9-13(19)10-17(11-16)22-6-7-23-17/h1-3,8,19H,4-7,9-11H2/t16-/m1/s1. The Hall–Kier alpha value is -1.79. The number of carbonyl (C=O) groups excluding carboxylic acids is 1. The van der Waals surface area contributed by atoms with Gasteiger partial charge in [-0.05, 0) is 31.0 Å². The van der Waals surface area contributed by atoms with E-state index in [2.05, 4.69) is 0 Å². The van der Waals surface area contributed by atoms with Crippen LogP contribution < -0.4 is 4.90 Å². The van der Waals surface area contributed by atoms with E-state index in [0.717, 1.165) is 0 Å². The molecule has 23 heavy (non-hydrogen) atoms. The van der Waals surface area contributed by atoms with Gasteiger partial charge in [0.2, 0.25) is 5.91 Å². The first-order valence-corrected chi connectivity index (χ1v) is 7.94. The summed E-state index contributed by atoms with van der Waals surface area (Å²) in [6, 6.07) is 6.09. The fourth-order valence-electron chi connectivity index (χ4n) is 4.18. The number of hydrogen-bond donors (Lipinski definition) is 1. The molecule has 122 valence electrons. The van der Waals surface area contributed by atoms with Crippen LogP contribution in [0.4, 0.5) is 10.1 Å². The molecule has 1 aromatic carbocycles. The molecule has 2 saturated heterocycles. The van der Waals surface area contributed by atoms with Gasteiger partial charge in [-0.25, -0.2) is 4.39 Å². The largest absolute Gasteiger partial charge is 0.347 e. The zero-order valence-corrected chi connectivity index (χ0v) is 12.8. The Morgan fingerprint density at radius 2 is 2.00 bits per heavy atom. The first-order chi connectivity index (χ1) is 11.0. The van der Waals surface area contributed by atoms with E-state index in [1.165, 1.54) is 12.1 Å². The molecular formula is C17H19FN2O3. The maximum atomic E-state index is 13.5. The van der Waals surface area contributed by atoms with Crippen molar-refractivity contribution in [3.05, 3.63) is 30.1 Å². The van der Waals surface area contributed by atoms with Crippen LogP contribution in [0.1, 0.15) is 25.7 Å². The molecule has 1 aromatic rings. The summed E-state index contributed by atoms with van der Waals surface area (Å²) < 4.78 is 25.0. The topological polar surface area (TPSA) is 62.6 Å². The van der Waals surface area contributed by atoms with Crippen molar-refractivity contribution in [3.63, 3.8) is 0 Å². The number of ether oxygens (including phenoxy) is 2. The maximum absolute atomic E-state index is 13.5. The molecule has 0 bridgehead atoms. The molecule has 3 fully saturated rings. The van der Waals surface area contributed by atoms with E-state index >= 15 is 0 Å². The number of halogens is 1. The minimum atomic E-state index is -0.817. The molecule has 1 aliphatic carbocycles. The van der Waals surface area contributed by atoms with Crippen molar-refractivity contribution >= 4 is 17.3 Å². The van der Waals surface area contributed by atoms with E-state index in [0.29, 0.717) is 56.8 Å². The Labute approximate surface area is 133 Å². The molecular weight excluding hydrogens is 299 g/mol. The van der Waals surface area contributed by atoms with Crippen LogP contribution in [0, 0.1) is 16.6 Å². The Balaban J connectivity index is 1.64.